The van der Waals surface area contributed by atoms with Gasteiger partial charge in [0.05, 0.1) is 11.6 Å². The fourth-order valence-electron chi connectivity index (χ4n) is 1.93. The Kier molecular flexibility index (Phi) is 4.01. The van der Waals surface area contributed by atoms with Crippen molar-refractivity contribution in [2.75, 3.05) is 18.1 Å². The first kappa shape index (κ1) is 13.8. The van der Waals surface area contributed by atoms with E-state index in [9.17, 15) is 0 Å². The van der Waals surface area contributed by atoms with Crippen LogP contribution in [0.1, 0.15) is 19.4 Å². The first-order valence-corrected chi connectivity index (χ1v) is 7.51. The zero-order valence-electron chi connectivity index (χ0n) is 11.5. The van der Waals surface area contributed by atoms with E-state index in [4.69, 9.17) is 5.26 Å². The fourth-order valence-corrected chi connectivity index (χ4v) is 2.15. The summed E-state index contributed by atoms with van der Waals surface area (Å²) >= 11 is 1.84. The molecule has 19 heavy (non-hydrogen) atoms. The quantitative estimate of drug-likeness (QED) is 0.901. The lowest BCUT2D eigenvalue weighted by atomic mass is 10.0. The van der Waals surface area contributed by atoms with E-state index >= 15 is 0 Å². The van der Waals surface area contributed by atoms with Crippen LogP contribution in [0.2, 0.25) is 0 Å². The van der Waals surface area contributed by atoms with Gasteiger partial charge in [-0.1, -0.05) is 24.3 Å². The highest BCUT2D eigenvalue weighted by Crippen LogP contribution is 2.28. The highest BCUT2D eigenvalue weighted by molar-refractivity contribution is 7.99. The third-order valence-corrected chi connectivity index (χ3v) is 4.55. The maximum atomic E-state index is 9.15. The normalized spacial score (nSPS) is 11.3. The molecule has 0 aliphatic carbocycles. The van der Waals surface area contributed by atoms with Crippen molar-refractivity contribution in [1.29, 1.82) is 5.26 Å². The predicted molar refractivity (Wildman–Crippen MR) is 84.7 cm³/mol. The smallest absolute Gasteiger partial charge is 0.0998 e. The van der Waals surface area contributed by atoms with Gasteiger partial charge in [-0.2, -0.15) is 17.0 Å². The third kappa shape index (κ3) is 3.02. The summed E-state index contributed by atoms with van der Waals surface area (Å²) in [6.07, 6.45) is 2.12. The van der Waals surface area contributed by atoms with Crippen LogP contribution in [-0.4, -0.2) is 17.5 Å². The molecule has 0 atom stereocenters. The standard InChI is InChI=1S/C16H18N2S/c1-16(2,19-3)11-18-15-9-8-12(10-17)13-6-4-5-7-14(13)15/h4-9,18H,11H2,1-3H3. The van der Waals surface area contributed by atoms with E-state index in [1.54, 1.807) is 0 Å². The number of nitrogens with zero attached hydrogens (tertiary/aromatic N) is 1. The van der Waals surface area contributed by atoms with E-state index in [1.807, 2.05) is 42.1 Å². The van der Waals surface area contributed by atoms with Crippen LogP contribution in [-0.2, 0) is 0 Å². The molecule has 0 aliphatic heterocycles. The molecule has 0 saturated heterocycles. The minimum Gasteiger partial charge on any atom is -0.383 e. The first-order chi connectivity index (χ1) is 9.07. The predicted octanol–water partition coefficient (Wildman–Crippen LogP) is 4.26. The summed E-state index contributed by atoms with van der Waals surface area (Å²) in [5.41, 5.74) is 1.82. The molecule has 2 aromatic carbocycles. The SMILES string of the molecule is CSC(C)(C)CNc1ccc(C#N)c2ccccc12. The van der Waals surface area contributed by atoms with Crippen LogP contribution < -0.4 is 5.32 Å². The number of fused-ring (bicyclic) bond motifs is 1. The molecule has 0 unspecified atom stereocenters. The van der Waals surface area contributed by atoms with Crippen molar-refractivity contribution in [3.8, 4) is 6.07 Å². The largest absolute Gasteiger partial charge is 0.383 e. The molecular weight excluding hydrogens is 252 g/mol. The Bertz CT molecular complexity index is 626. The molecule has 0 aliphatic rings. The third-order valence-electron chi connectivity index (χ3n) is 3.30. The molecule has 0 aromatic heterocycles. The van der Waals surface area contributed by atoms with Crippen molar-refractivity contribution in [3.63, 3.8) is 0 Å². The lowest BCUT2D eigenvalue weighted by Gasteiger charge is -2.23. The van der Waals surface area contributed by atoms with E-state index in [0.29, 0.717) is 0 Å². The molecule has 0 bridgehead atoms. The first-order valence-electron chi connectivity index (χ1n) is 6.28. The van der Waals surface area contributed by atoms with Crippen molar-refractivity contribution < 1.29 is 0 Å². The van der Waals surface area contributed by atoms with E-state index < -0.39 is 0 Å². The molecule has 1 N–H and O–H groups in total. The molecule has 0 saturated carbocycles. The number of hydrogen-bond acceptors (Lipinski definition) is 3. The van der Waals surface area contributed by atoms with Gasteiger partial charge in [-0.15, -0.1) is 0 Å². The van der Waals surface area contributed by atoms with Gasteiger partial charge in [0.1, 0.15) is 0 Å². The summed E-state index contributed by atoms with van der Waals surface area (Å²) in [7, 11) is 0. The van der Waals surface area contributed by atoms with E-state index in [-0.39, 0.29) is 4.75 Å². The minimum atomic E-state index is 0.189. The van der Waals surface area contributed by atoms with E-state index in [2.05, 4.69) is 37.6 Å². The molecule has 3 heteroatoms. The van der Waals surface area contributed by atoms with Gasteiger partial charge in [-0.05, 0) is 32.2 Å². The minimum absolute atomic E-state index is 0.189. The van der Waals surface area contributed by atoms with Crippen LogP contribution >= 0.6 is 11.8 Å². The summed E-state index contributed by atoms with van der Waals surface area (Å²) in [6.45, 7) is 5.33. The van der Waals surface area contributed by atoms with Crippen LogP contribution in [0.25, 0.3) is 10.8 Å². The van der Waals surface area contributed by atoms with Crippen LogP contribution in [0.4, 0.5) is 5.69 Å². The Labute approximate surface area is 118 Å². The fraction of sp³-hybridized carbons (Fsp3) is 0.312. The van der Waals surface area contributed by atoms with Gasteiger partial charge in [0, 0.05) is 27.8 Å². The summed E-state index contributed by atoms with van der Waals surface area (Å²) in [5, 5.41) is 14.8. The molecule has 0 heterocycles. The Balaban J connectivity index is 2.38. The van der Waals surface area contributed by atoms with Crippen molar-refractivity contribution in [2.45, 2.75) is 18.6 Å². The number of anilines is 1. The van der Waals surface area contributed by atoms with Gasteiger partial charge in [0.2, 0.25) is 0 Å². The van der Waals surface area contributed by atoms with Gasteiger partial charge in [-0.3, -0.25) is 0 Å². The topological polar surface area (TPSA) is 35.8 Å². The Hall–Kier alpha value is -1.66. The van der Waals surface area contributed by atoms with Crippen LogP contribution in [0.5, 0.6) is 0 Å². The molecule has 2 rings (SSSR count). The number of nitrogens with one attached hydrogen (secondary N) is 1. The second-order valence-corrected chi connectivity index (χ2v) is 6.65. The second-order valence-electron chi connectivity index (χ2n) is 5.14. The Morgan fingerprint density at radius 2 is 1.84 bits per heavy atom. The lowest BCUT2D eigenvalue weighted by Crippen LogP contribution is -2.25. The molecule has 0 amide bonds. The van der Waals surface area contributed by atoms with Gasteiger partial charge in [0.25, 0.3) is 0 Å². The summed E-state index contributed by atoms with van der Waals surface area (Å²) < 4.78 is 0.189. The van der Waals surface area contributed by atoms with Gasteiger partial charge < -0.3 is 5.32 Å². The van der Waals surface area contributed by atoms with Crippen LogP contribution in [0.15, 0.2) is 36.4 Å². The number of hydrogen-bond donors (Lipinski definition) is 1. The average Bonchev–Trinajstić information content (AvgIpc) is 2.44. The molecule has 0 fully saturated rings. The summed E-state index contributed by atoms with van der Waals surface area (Å²) in [5.74, 6) is 0. The maximum Gasteiger partial charge on any atom is 0.0998 e. The zero-order valence-corrected chi connectivity index (χ0v) is 12.3. The molecule has 2 nitrogen and oxygen atoms in total. The van der Waals surface area contributed by atoms with Crippen molar-refractivity contribution in [2.24, 2.45) is 0 Å². The average molecular weight is 270 g/mol. The molecule has 0 spiro atoms. The summed E-state index contributed by atoms with van der Waals surface area (Å²) in [4.78, 5) is 0. The van der Waals surface area contributed by atoms with Gasteiger partial charge >= 0.3 is 0 Å². The highest BCUT2D eigenvalue weighted by Gasteiger charge is 2.16. The zero-order chi connectivity index (χ0) is 13.9. The van der Waals surface area contributed by atoms with Gasteiger partial charge in [-0.25, -0.2) is 0 Å². The van der Waals surface area contributed by atoms with Crippen LogP contribution in [0, 0.1) is 11.3 Å². The van der Waals surface area contributed by atoms with Crippen molar-refractivity contribution >= 4 is 28.2 Å². The number of benzene rings is 2. The number of thioether (sulfide) groups is 1. The summed E-state index contributed by atoms with van der Waals surface area (Å²) in [6, 6.07) is 14.2. The van der Waals surface area contributed by atoms with E-state index in [0.717, 1.165) is 28.6 Å². The van der Waals surface area contributed by atoms with E-state index in [1.165, 1.54) is 0 Å². The van der Waals surface area contributed by atoms with Crippen molar-refractivity contribution in [1.82, 2.24) is 0 Å². The Morgan fingerprint density at radius 3 is 2.47 bits per heavy atom. The monoisotopic (exact) mass is 270 g/mol. The number of rotatable bonds is 4. The Morgan fingerprint density at radius 1 is 1.16 bits per heavy atom. The molecule has 0 radical (unpaired) electrons. The molecular formula is C16H18N2S. The number of nitriles is 1. The van der Waals surface area contributed by atoms with Gasteiger partial charge in [0.15, 0.2) is 0 Å². The lowest BCUT2D eigenvalue weighted by molar-refractivity contribution is 0.753. The maximum absolute atomic E-state index is 9.15. The molecule has 2 aromatic rings. The highest BCUT2D eigenvalue weighted by atomic mass is 32.2. The van der Waals surface area contributed by atoms with Crippen LogP contribution in [0.3, 0.4) is 0 Å². The molecule has 98 valence electrons. The second kappa shape index (κ2) is 5.54. The van der Waals surface area contributed by atoms with Crippen molar-refractivity contribution in [3.05, 3.63) is 42.0 Å².